The fourth-order valence-electron chi connectivity index (χ4n) is 2.30. The Morgan fingerprint density at radius 1 is 1.12 bits per heavy atom. The summed E-state index contributed by atoms with van der Waals surface area (Å²) in [7, 11) is 2.98. The molecule has 0 unspecified atom stereocenters. The summed E-state index contributed by atoms with van der Waals surface area (Å²) in [6, 6.07) is 5.68. The Hall–Kier alpha value is -2.37. The smallest absolute Gasteiger partial charge is 0.338 e. The van der Waals surface area contributed by atoms with Crippen LogP contribution in [0.2, 0.25) is 0 Å². The number of hydrogen-bond donors (Lipinski definition) is 1. The molecule has 0 saturated heterocycles. The molecular weight excluding hydrogens is 320 g/mol. The molecule has 0 fully saturated rings. The molecule has 2 amide bonds. The molecule has 25 heavy (non-hydrogen) atoms. The maximum absolute atomic E-state index is 12.4. The Balaban J connectivity index is 2.80. The zero-order valence-corrected chi connectivity index (χ0v) is 15.9. The van der Waals surface area contributed by atoms with Gasteiger partial charge in [-0.25, -0.2) is 4.79 Å². The third-order valence-electron chi connectivity index (χ3n) is 4.00. The standard InChI is InChI=1S/C19H28N2O4/c1-12(2)14-7-8-15(16(9-14)13(3)4)19(24)25-11-18(23)21(6)10-17(22)20-5/h7-9,12-13H,10-11H2,1-6H3,(H,20,22). The predicted molar refractivity (Wildman–Crippen MR) is 96.6 cm³/mol. The third-order valence-corrected chi connectivity index (χ3v) is 4.00. The van der Waals surface area contributed by atoms with Crippen LogP contribution in [0.15, 0.2) is 18.2 Å². The van der Waals surface area contributed by atoms with Crippen molar-refractivity contribution in [1.29, 1.82) is 0 Å². The van der Waals surface area contributed by atoms with Crippen LogP contribution in [0.4, 0.5) is 0 Å². The molecule has 0 spiro atoms. The van der Waals surface area contributed by atoms with E-state index in [9.17, 15) is 14.4 Å². The number of benzene rings is 1. The largest absolute Gasteiger partial charge is 0.452 e. The van der Waals surface area contributed by atoms with Crippen molar-refractivity contribution in [2.45, 2.75) is 39.5 Å². The minimum Gasteiger partial charge on any atom is -0.452 e. The van der Waals surface area contributed by atoms with Crippen LogP contribution in [0.1, 0.15) is 61.0 Å². The van der Waals surface area contributed by atoms with E-state index in [1.807, 2.05) is 26.0 Å². The Bertz CT molecular complexity index is 638. The van der Waals surface area contributed by atoms with Gasteiger partial charge in [0.25, 0.3) is 5.91 Å². The maximum Gasteiger partial charge on any atom is 0.338 e. The number of nitrogens with one attached hydrogen (secondary N) is 1. The molecular formula is C19H28N2O4. The van der Waals surface area contributed by atoms with Gasteiger partial charge in [-0.2, -0.15) is 0 Å². The number of rotatable bonds is 7. The summed E-state index contributed by atoms with van der Waals surface area (Å²) in [5, 5.41) is 2.44. The van der Waals surface area contributed by atoms with Crippen molar-refractivity contribution in [1.82, 2.24) is 10.2 Å². The Morgan fingerprint density at radius 2 is 1.76 bits per heavy atom. The fourth-order valence-corrected chi connectivity index (χ4v) is 2.30. The van der Waals surface area contributed by atoms with Crippen molar-refractivity contribution in [3.8, 4) is 0 Å². The minimum absolute atomic E-state index is 0.0762. The third kappa shape index (κ3) is 5.89. The van der Waals surface area contributed by atoms with Gasteiger partial charge < -0.3 is 15.0 Å². The van der Waals surface area contributed by atoms with Gasteiger partial charge in [-0.3, -0.25) is 9.59 Å². The normalized spacial score (nSPS) is 10.7. The van der Waals surface area contributed by atoms with E-state index in [4.69, 9.17) is 4.74 Å². The van der Waals surface area contributed by atoms with Crippen molar-refractivity contribution in [2.24, 2.45) is 0 Å². The van der Waals surface area contributed by atoms with E-state index in [2.05, 4.69) is 19.2 Å². The lowest BCUT2D eigenvalue weighted by Crippen LogP contribution is -2.39. The van der Waals surface area contributed by atoms with Crippen LogP contribution < -0.4 is 5.32 Å². The van der Waals surface area contributed by atoms with E-state index >= 15 is 0 Å². The molecule has 1 aromatic rings. The van der Waals surface area contributed by atoms with E-state index < -0.39 is 18.5 Å². The topological polar surface area (TPSA) is 75.7 Å². The molecule has 0 saturated carbocycles. The molecule has 138 valence electrons. The molecule has 0 bridgehead atoms. The molecule has 1 N–H and O–H groups in total. The molecule has 0 atom stereocenters. The SMILES string of the molecule is CNC(=O)CN(C)C(=O)COC(=O)c1ccc(C(C)C)cc1C(C)C. The van der Waals surface area contributed by atoms with Gasteiger partial charge in [-0.05, 0) is 29.0 Å². The number of hydrogen-bond acceptors (Lipinski definition) is 4. The number of likely N-dealkylation sites (N-methyl/N-ethyl adjacent to an activating group) is 2. The van der Waals surface area contributed by atoms with Gasteiger partial charge in [0.05, 0.1) is 12.1 Å². The molecule has 0 heterocycles. The quantitative estimate of drug-likeness (QED) is 0.767. The van der Waals surface area contributed by atoms with E-state index in [0.717, 1.165) is 11.1 Å². The first-order chi connectivity index (χ1) is 11.7. The number of carbonyl (C=O) groups excluding carboxylic acids is 3. The highest BCUT2D eigenvalue weighted by Crippen LogP contribution is 2.25. The first-order valence-electron chi connectivity index (χ1n) is 8.42. The van der Waals surface area contributed by atoms with Crippen LogP contribution in [-0.4, -0.2) is 49.9 Å². The van der Waals surface area contributed by atoms with Crippen molar-refractivity contribution >= 4 is 17.8 Å². The van der Waals surface area contributed by atoms with E-state index in [0.29, 0.717) is 11.5 Å². The predicted octanol–water partition coefficient (Wildman–Crippen LogP) is 2.29. The lowest BCUT2D eigenvalue weighted by atomic mass is 9.91. The zero-order valence-electron chi connectivity index (χ0n) is 15.9. The summed E-state index contributed by atoms with van der Waals surface area (Å²) in [6.07, 6.45) is 0. The summed E-state index contributed by atoms with van der Waals surface area (Å²) in [5.41, 5.74) is 2.53. The summed E-state index contributed by atoms with van der Waals surface area (Å²) in [4.78, 5) is 36.8. The first-order valence-corrected chi connectivity index (χ1v) is 8.42. The highest BCUT2D eigenvalue weighted by atomic mass is 16.5. The summed E-state index contributed by atoms with van der Waals surface area (Å²) in [6.45, 7) is 7.75. The van der Waals surface area contributed by atoms with E-state index in [-0.39, 0.29) is 18.4 Å². The first kappa shape index (κ1) is 20.7. The Labute approximate surface area is 149 Å². The molecule has 0 aliphatic heterocycles. The van der Waals surface area contributed by atoms with Gasteiger partial charge in [0.1, 0.15) is 0 Å². The summed E-state index contributed by atoms with van der Waals surface area (Å²) >= 11 is 0. The second-order valence-corrected chi connectivity index (χ2v) is 6.66. The highest BCUT2D eigenvalue weighted by molar-refractivity contribution is 5.93. The van der Waals surface area contributed by atoms with Crippen LogP contribution in [-0.2, 0) is 14.3 Å². The summed E-state index contributed by atoms with van der Waals surface area (Å²) < 4.78 is 5.16. The lowest BCUT2D eigenvalue weighted by molar-refractivity contribution is -0.137. The summed E-state index contributed by atoms with van der Waals surface area (Å²) in [5.74, 6) is -0.716. The molecule has 0 aliphatic rings. The van der Waals surface area contributed by atoms with Crippen LogP contribution in [0.3, 0.4) is 0 Å². The zero-order chi connectivity index (χ0) is 19.1. The van der Waals surface area contributed by atoms with Crippen LogP contribution >= 0.6 is 0 Å². The van der Waals surface area contributed by atoms with Gasteiger partial charge in [0.15, 0.2) is 6.61 Å². The fraction of sp³-hybridized carbons (Fsp3) is 0.526. The van der Waals surface area contributed by atoms with Crippen LogP contribution in [0.5, 0.6) is 0 Å². The van der Waals surface area contributed by atoms with Crippen molar-refractivity contribution in [3.63, 3.8) is 0 Å². The molecule has 1 rings (SSSR count). The van der Waals surface area contributed by atoms with Gasteiger partial charge in [-0.15, -0.1) is 0 Å². The second kappa shape index (κ2) is 9.20. The molecule has 6 heteroatoms. The Morgan fingerprint density at radius 3 is 2.28 bits per heavy atom. The van der Waals surface area contributed by atoms with Crippen molar-refractivity contribution < 1.29 is 19.1 Å². The number of amides is 2. The van der Waals surface area contributed by atoms with Crippen molar-refractivity contribution in [2.75, 3.05) is 27.2 Å². The molecule has 0 aromatic heterocycles. The van der Waals surface area contributed by atoms with E-state index in [1.54, 1.807) is 6.07 Å². The molecule has 6 nitrogen and oxygen atoms in total. The number of nitrogens with zero attached hydrogens (tertiary/aromatic N) is 1. The molecule has 1 aromatic carbocycles. The van der Waals surface area contributed by atoms with Gasteiger partial charge in [-0.1, -0.05) is 39.8 Å². The van der Waals surface area contributed by atoms with Gasteiger partial charge in [0.2, 0.25) is 5.91 Å². The van der Waals surface area contributed by atoms with Crippen LogP contribution in [0, 0.1) is 0 Å². The minimum atomic E-state index is -0.527. The Kier molecular flexibility index (Phi) is 7.61. The van der Waals surface area contributed by atoms with Gasteiger partial charge in [0, 0.05) is 14.1 Å². The number of esters is 1. The van der Waals surface area contributed by atoms with Gasteiger partial charge >= 0.3 is 5.97 Å². The average Bonchev–Trinajstić information content (AvgIpc) is 2.58. The average molecular weight is 348 g/mol. The molecule has 0 radical (unpaired) electrons. The molecule has 0 aliphatic carbocycles. The number of carbonyl (C=O) groups is 3. The van der Waals surface area contributed by atoms with Crippen molar-refractivity contribution in [3.05, 3.63) is 34.9 Å². The second-order valence-electron chi connectivity index (χ2n) is 6.66. The highest BCUT2D eigenvalue weighted by Gasteiger charge is 2.19. The van der Waals surface area contributed by atoms with E-state index in [1.165, 1.54) is 19.0 Å². The maximum atomic E-state index is 12.4. The van der Waals surface area contributed by atoms with Crippen LogP contribution in [0.25, 0.3) is 0 Å². The monoisotopic (exact) mass is 348 g/mol. The lowest BCUT2D eigenvalue weighted by Gasteiger charge is -2.18. The number of ether oxygens (including phenoxy) is 1.